The molecule has 0 aromatic rings. The lowest BCUT2D eigenvalue weighted by Gasteiger charge is -2.31. The van der Waals surface area contributed by atoms with Crippen molar-refractivity contribution in [1.29, 1.82) is 0 Å². The van der Waals surface area contributed by atoms with Crippen molar-refractivity contribution in [3.8, 4) is 0 Å². The molecule has 1 fully saturated rings. The predicted octanol–water partition coefficient (Wildman–Crippen LogP) is 0.729. The summed E-state index contributed by atoms with van der Waals surface area (Å²) in [4.78, 5) is 21.8. The highest BCUT2D eigenvalue weighted by Gasteiger charge is 2.27. The zero-order valence-corrected chi connectivity index (χ0v) is 10.5. The zero-order chi connectivity index (χ0) is 13.0. The molecule has 1 aliphatic carbocycles. The van der Waals surface area contributed by atoms with Gasteiger partial charge in [-0.1, -0.05) is 6.92 Å². The number of nitrogens with two attached hydrogens (primary N) is 1. The number of amides is 1. The number of carboxylic acid groups (broad SMARTS) is 1. The van der Waals surface area contributed by atoms with Gasteiger partial charge in [-0.05, 0) is 32.6 Å². The van der Waals surface area contributed by atoms with Crippen molar-refractivity contribution < 1.29 is 14.7 Å². The number of primary amides is 1. The maximum absolute atomic E-state index is 11.0. The Kier molecular flexibility index (Phi) is 4.93. The number of carbonyl (C=O) groups excluding carboxylic acids is 1. The minimum Gasteiger partial charge on any atom is -0.481 e. The fraction of sp³-hybridized carbons (Fsp3) is 0.833. The second kappa shape index (κ2) is 6.00. The van der Waals surface area contributed by atoms with Crippen LogP contribution in [0.3, 0.4) is 0 Å². The van der Waals surface area contributed by atoms with Crippen LogP contribution in [0.15, 0.2) is 0 Å². The van der Waals surface area contributed by atoms with Crippen molar-refractivity contribution >= 4 is 11.9 Å². The van der Waals surface area contributed by atoms with E-state index in [0.717, 1.165) is 25.7 Å². The van der Waals surface area contributed by atoms with Crippen LogP contribution in [0, 0.1) is 11.8 Å². The lowest BCUT2D eigenvalue weighted by atomic mass is 9.85. The summed E-state index contributed by atoms with van der Waals surface area (Å²) in [6, 6.07) is 0.255. The van der Waals surface area contributed by atoms with E-state index in [0.29, 0.717) is 6.04 Å². The third-order valence-electron chi connectivity index (χ3n) is 3.77. The molecular weight excluding hydrogens is 220 g/mol. The van der Waals surface area contributed by atoms with Crippen LogP contribution < -0.4 is 11.1 Å². The van der Waals surface area contributed by atoms with Crippen LogP contribution in [0.5, 0.6) is 0 Å². The van der Waals surface area contributed by atoms with E-state index in [-0.39, 0.29) is 17.9 Å². The highest BCUT2D eigenvalue weighted by molar-refractivity contribution is 5.76. The number of nitrogens with one attached hydrogen (secondary N) is 1. The van der Waals surface area contributed by atoms with E-state index >= 15 is 0 Å². The molecule has 0 aromatic heterocycles. The SMILES string of the molecule is CC(NC1CCC(C(N)=O)CC1)C(C)C(=O)O. The van der Waals surface area contributed by atoms with E-state index in [1.165, 1.54) is 0 Å². The fourth-order valence-electron chi connectivity index (χ4n) is 2.27. The molecule has 0 heterocycles. The van der Waals surface area contributed by atoms with Gasteiger partial charge < -0.3 is 16.2 Å². The standard InChI is InChI=1S/C12H22N2O3/c1-7(12(16)17)8(2)14-10-5-3-9(4-6-10)11(13)15/h7-10,14H,3-6H2,1-2H3,(H2,13,15)(H,16,17). The first kappa shape index (κ1) is 14.0. The summed E-state index contributed by atoms with van der Waals surface area (Å²) in [5, 5.41) is 12.2. The maximum atomic E-state index is 11.0. The lowest BCUT2D eigenvalue weighted by Crippen LogP contribution is -2.45. The van der Waals surface area contributed by atoms with Crippen molar-refractivity contribution in [3.63, 3.8) is 0 Å². The van der Waals surface area contributed by atoms with Crippen molar-refractivity contribution in [1.82, 2.24) is 5.32 Å². The summed E-state index contributed by atoms with van der Waals surface area (Å²) in [5.41, 5.74) is 5.26. The third kappa shape index (κ3) is 4.00. The molecule has 17 heavy (non-hydrogen) atoms. The largest absolute Gasteiger partial charge is 0.481 e. The normalized spacial score (nSPS) is 28.4. The van der Waals surface area contributed by atoms with Gasteiger partial charge in [-0.25, -0.2) is 0 Å². The molecule has 0 spiro atoms. The van der Waals surface area contributed by atoms with Gasteiger partial charge in [0.2, 0.25) is 5.91 Å². The second-order valence-corrected chi connectivity index (χ2v) is 5.03. The molecule has 98 valence electrons. The first-order valence-electron chi connectivity index (χ1n) is 6.20. The molecular formula is C12H22N2O3. The molecule has 0 bridgehead atoms. The van der Waals surface area contributed by atoms with Crippen molar-refractivity contribution in [3.05, 3.63) is 0 Å². The first-order chi connectivity index (χ1) is 7.91. The van der Waals surface area contributed by atoms with Gasteiger partial charge >= 0.3 is 5.97 Å². The molecule has 2 atom stereocenters. The van der Waals surface area contributed by atoms with Crippen molar-refractivity contribution in [2.45, 2.75) is 51.6 Å². The molecule has 0 saturated heterocycles. The Morgan fingerprint density at radius 1 is 1.24 bits per heavy atom. The van der Waals surface area contributed by atoms with E-state index < -0.39 is 11.9 Å². The highest BCUT2D eigenvalue weighted by atomic mass is 16.4. The van der Waals surface area contributed by atoms with Gasteiger partial charge in [0.05, 0.1) is 5.92 Å². The highest BCUT2D eigenvalue weighted by Crippen LogP contribution is 2.24. The van der Waals surface area contributed by atoms with E-state index in [9.17, 15) is 9.59 Å². The predicted molar refractivity (Wildman–Crippen MR) is 64.3 cm³/mol. The molecule has 0 aliphatic heterocycles. The molecule has 5 nitrogen and oxygen atoms in total. The Morgan fingerprint density at radius 3 is 2.18 bits per heavy atom. The smallest absolute Gasteiger partial charge is 0.307 e. The lowest BCUT2D eigenvalue weighted by molar-refractivity contribution is -0.142. The number of carbonyl (C=O) groups is 2. The minimum absolute atomic E-state index is 0.000235. The first-order valence-corrected chi connectivity index (χ1v) is 6.20. The van der Waals surface area contributed by atoms with E-state index in [1.54, 1.807) is 6.92 Å². The van der Waals surface area contributed by atoms with Gasteiger partial charge in [0, 0.05) is 18.0 Å². The van der Waals surface area contributed by atoms with Crippen LogP contribution in [-0.4, -0.2) is 29.1 Å². The monoisotopic (exact) mass is 242 g/mol. The molecule has 1 aliphatic rings. The molecule has 0 aromatic carbocycles. The van der Waals surface area contributed by atoms with Crippen LogP contribution in [-0.2, 0) is 9.59 Å². The summed E-state index contributed by atoms with van der Waals surface area (Å²) in [7, 11) is 0. The maximum Gasteiger partial charge on any atom is 0.307 e. The van der Waals surface area contributed by atoms with Gasteiger partial charge in [-0.2, -0.15) is 0 Å². The number of rotatable bonds is 5. The van der Waals surface area contributed by atoms with E-state index in [4.69, 9.17) is 10.8 Å². The van der Waals surface area contributed by atoms with Crippen LogP contribution in [0.4, 0.5) is 0 Å². The third-order valence-corrected chi connectivity index (χ3v) is 3.77. The Hall–Kier alpha value is -1.10. The number of aliphatic carboxylic acids is 1. The van der Waals surface area contributed by atoms with Crippen LogP contribution >= 0.6 is 0 Å². The Morgan fingerprint density at radius 2 is 1.76 bits per heavy atom. The summed E-state index contributed by atoms with van der Waals surface area (Å²) < 4.78 is 0. The summed E-state index contributed by atoms with van der Waals surface area (Å²) >= 11 is 0. The molecule has 1 rings (SSSR count). The molecule has 0 radical (unpaired) electrons. The van der Waals surface area contributed by atoms with Gasteiger partial charge in [0.1, 0.15) is 0 Å². The van der Waals surface area contributed by atoms with Gasteiger partial charge in [-0.15, -0.1) is 0 Å². The average Bonchev–Trinajstić information content (AvgIpc) is 2.28. The van der Waals surface area contributed by atoms with Gasteiger partial charge in [0.15, 0.2) is 0 Å². The quantitative estimate of drug-likeness (QED) is 0.662. The van der Waals surface area contributed by atoms with E-state index in [2.05, 4.69) is 5.32 Å². The summed E-state index contributed by atoms with van der Waals surface area (Å²) in [6.45, 7) is 3.59. The average molecular weight is 242 g/mol. The van der Waals surface area contributed by atoms with Crippen LogP contribution in [0.25, 0.3) is 0 Å². The Balaban J connectivity index is 2.35. The Bertz CT molecular complexity index is 285. The molecule has 1 saturated carbocycles. The number of carboxylic acids is 1. The van der Waals surface area contributed by atoms with E-state index in [1.807, 2.05) is 6.92 Å². The fourth-order valence-corrected chi connectivity index (χ4v) is 2.27. The van der Waals surface area contributed by atoms with Crippen LogP contribution in [0.1, 0.15) is 39.5 Å². The summed E-state index contributed by atoms with van der Waals surface area (Å²) in [5.74, 6) is -1.39. The molecule has 2 unspecified atom stereocenters. The number of hydrogen-bond donors (Lipinski definition) is 3. The van der Waals surface area contributed by atoms with Gasteiger partial charge in [0.25, 0.3) is 0 Å². The zero-order valence-electron chi connectivity index (χ0n) is 10.5. The number of hydrogen-bond acceptors (Lipinski definition) is 3. The molecule has 5 heteroatoms. The van der Waals surface area contributed by atoms with Gasteiger partial charge in [-0.3, -0.25) is 9.59 Å². The minimum atomic E-state index is -0.782. The summed E-state index contributed by atoms with van der Waals surface area (Å²) in [6.07, 6.45) is 3.40. The van der Waals surface area contributed by atoms with Crippen molar-refractivity contribution in [2.75, 3.05) is 0 Å². The van der Waals surface area contributed by atoms with Crippen LogP contribution in [0.2, 0.25) is 0 Å². The van der Waals surface area contributed by atoms with Crippen molar-refractivity contribution in [2.24, 2.45) is 17.6 Å². The molecule has 4 N–H and O–H groups in total. The Labute approximate surface area is 102 Å². The second-order valence-electron chi connectivity index (χ2n) is 5.03. The topological polar surface area (TPSA) is 92.4 Å². The molecule has 1 amide bonds.